The minimum absolute atomic E-state index is 0.140. The van der Waals surface area contributed by atoms with Gasteiger partial charge in [0.15, 0.2) is 11.3 Å². The number of hydrogen-bond donors (Lipinski definition) is 1. The van der Waals surface area contributed by atoms with Gasteiger partial charge in [-0.3, -0.25) is 9.78 Å². The molecule has 0 aliphatic carbocycles. The molecule has 0 bridgehead atoms. The SMILES string of the molecule is CC(C)(C)n1ncc2c(=O)[nH]c(N3CCCC(c4nc(C(F)(F)F)cs4)C3)nc21. The first-order valence-corrected chi connectivity index (χ1v) is 10.2. The zero-order chi connectivity index (χ0) is 21.0. The molecule has 0 spiro atoms. The van der Waals surface area contributed by atoms with Crippen LogP contribution in [-0.2, 0) is 11.7 Å². The highest BCUT2D eigenvalue weighted by atomic mass is 32.1. The largest absolute Gasteiger partial charge is 0.434 e. The summed E-state index contributed by atoms with van der Waals surface area (Å²) >= 11 is 1.03. The van der Waals surface area contributed by atoms with E-state index in [1.807, 2.05) is 25.7 Å². The van der Waals surface area contributed by atoms with E-state index in [4.69, 9.17) is 0 Å². The molecule has 1 N–H and O–H groups in total. The number of hydrogen-bond acceptors (Lipinski definition) is 6. The van der Waals surface area contributed by atoms with Crippen LogP contribution in [0, 0.1) is 0 Å². The summed E-state index contributed by atoms with van der Waals surface area (Å²) in [4.78, 5) is 25.7. The minimum Gasteiger partial charge on any atom is -0.342 e. The molecule has 29 heavy (non-hydrogen) atoms. The van der Waals surface area contributed by atoms with Crippen LogP contribution in [0.3, 0.4) is 0 Å². The van der Waals surface area contributed by atoms with E-state index in [-0.39, 0.29) is 17.0 Å². The number of nitrogens with one attached hydrogen (secondary N) is 1. The lowest BCUT2D eigenvalue weighted by molar-refractivity contribution is -0.140. The average Bonchev–Trinajstić information content (AvgIpc) is 3.28. The normalized spacial score (nSPS) is 18.6. The number of H-pyrrole nitrogens is 1. The second-order valence-corrected chi connectivity index (χ2v) is 9.10. The van der Waals surface area contributed by atoms with E-state index in [1.165, 1.54) is 6.20 Å². The van der Waals surface area contributed by atoms with E-state index in [0.717, 1.165) is 29.6 Å². The van der Waals surface area contributed by atoms with Crippen molar-refractivity contribution in [2.75, 3.05) is 18.0 Å². The summed E-state index contributed by atoms with van der Waals surface area (Å²) in [5.41, 5.74) is -0.987. The van der Waals surface area contributed by atoms with Crippen LogP contribution in [-0.4, -0.2) is 37.8 Å². The zero-order valence-electron chi connectivity index (χ0n) is 16.2. The number of aromatic nitrogens is 5. The summed E-state index contributed by atoms with van der Waals surface area (Å²) in [6.07, 6.45) is -1.42. The van der Waals surface area contributed by atoms with Crippen LogP contribution in [0.15, 0.2) is 16.4 Å². The van der Waals surface area contributed by atoms with E-state index < -0.39 is 11.9 Å². The Morgan fingerprint density at radius 2 is 2.00 bits per heavy atom. The van der Waals surface area contributed by atoms with Gasteiger partial charge in [-0.25, -0.2) is 9.67 Å². The lowest BCUT2D eigenvalue weighted by Gasteiger charge is -2.32. The molecule has 3 aromatic heterocycles. The Bertz CT molecular complexity index is 1090. The molecule has 1 aliphatic heterocycles. The van der Waals surface area contributed by atoms with E-state index in [0.29, 0.717) is 35.1 Å². The number of alkyl halides is 3. The first-order chi connectivity index (χ1) is 13.5. The van der Waals surface area contributed by atoms with E-state index in [9.17, 15) is 18.0 Å². The van der Waals surface area contributed by atoms with Gasteiger partial charge in [0.2, 0.25) is 5.95 Å². The third-order valence-electron chi connectivity index (χ3n) is 4.94. The number of aromatic amines is 1. The number of rotatable bonds is 2. The van der Waals surface area contributed by atoms with Crippen molar-refractivity contribution in [1.82, 2.24) is 24.7 Å². The first kappa shape index (κ1) is 19.9. The van der Waals surface area contributed by atoms with Gasteiger partial charge in [0.1, 0.15) is 5.39 Å². The van der Waals surface area contributed by atoms with Gasteiger partial charge in [-0.1, -0.05) is 0 Å². The van der Waals surface area contributed by atoms with Gasteiger partial charge in [-0.05, 0) is 33.6 Å². The van der Waals surface area contributed by atoms with Crippen molar-refractivity contribution in [3.05, 3.63) is 32.6 Å². The Hall–Kier alpha value is -2.43. The molecule has 1 unspecified atom stereocenters. The fourth-order valence-corrected chi connectivity index (χ4v) is 4.48. The smallest absolute Gasteiger partial charge is 0.342 e. The van der Waals surface area contributed by atoms with Gasteiger partial charge in [0.05, 0.1) is 16.7 Å². The van der Waals surface area contributed by atoms with Crippen molar-refractivity contribution >= 4 is 28.3 Å². The highest BCUT2D eigenvalue weighted by molar-refractivity contribution is 7.09. The highest BCUT2D eigenvalue weighted by Crippen LogP contribution is 2.35. The molecule has 1 atom stereocenters. The monoisotopic (exact) mass is 426 g/mol. The van der Waals surface area contributed by atoms with Gasteiger partial charge in [-0.15, -0.1) is 11.3 Å². The molecule has 7 nitrogen and oxygen atoms in total. The summed E-state index contributed by atoms with van der Waals surface area (Å²) in [6, 6.07) is 0. The fourth-order valence-electron chi connectivity index (χ4n) is 3.52. The van der Waals surface area contributed by atoms with Crippen molar-refractivity contribution in [2.45, 2.75) is 51.2 Å². The van der Waals surface area contributed by atoms with Crippen LogP contribution in [0.5, 0.6) is 0 Å². The predicted molar refractivity (Wildman–Crippen MR) is 104 cm³/mol. The maximum atomic E-state index is 12.9. The standard InChI is InChI=1S/C18H21F3N6OS/c1-17(2,3)27-13-11(7-22-27)14(28)25-16(24-13)26-6-4-5-10(8-26)15-23-12(9-29-15)18(19,20)21/h7,9-10H,4-6,8H2,1-3H3,(H,24,25,28). The van der Waals surface area contributed by atoms with Gasteiger partial charge in [0.25, 0.3) is 5.56 Å². The molecule has 4 heterocycles. The Morgan fingerprint density at radius 1 is 1.24 bits per heavy atom. The zero-order valence-corrected chi connectivity index (χ0v) is 17.1. The van der Waals surface area contributed by atoms with Gasteiger partial charge in [-0.2, -0.15) is 23.3 Å². The molecule has 11 heteroatoms. The quantitative estimate of drug-likeness (QED) is 0.675. The molecule has 1 aliphatic rings. The maximum absolute atomic E-state index is 12.9. The lowest BCUT2D eigenvalue weighted by Crippen LogP contribution is -2.36. The van der Waals surface area contributed by atoms with Crippen molar-refractivity contribution in [2.24, 2.45) is 0 Å². The topological polar surface area (TPSA) is 79.7 Å². The van der Waals surface area contributed by atoms with Gasteiger partial charge >= 0.3 is 6.18 Å². The third kappa shape index (κ3) is 3.75. The summed E-state index contributed by atoms with van der Waals surface area (Å²) in [5, 5.41) is 6.23. The summed E-state index contributed by atoms with van der Waals surface area (Å²) in [6.45, 7) is 7.02. The van der Waals surface area contributed by atoms with E-state index >= 15 is 0 Å². The van der Waals surface area contributed by atoms with Crippen LogP contribution in [0.2, 0.25) is 0 Å². The molecular formula is C18H21F3N6OS. The highest BCUT2D eigenvalue weighted by Gasteiger charge is 2.35. The molecule has 1 saturated heterocycles. The molecule has 0 amide bonds. The number of nitrogens with zero attached hydrogens (tertiary/aromatic N) is 5. The lowest BCUT2D eigenvalue weighted by atomic mass is 9.99. The number of piperidine rings is 1. The second-order valence-electron chi connectivity index (χ2n) is 8.21. The number of halogens is 3. The summed E-state index contributed by atoms with van der Waals surface area (Å²) in [7, 11) is 0. The van der Waals surface area contributed by atoms with Crippen molar-refractivity contribution < 1.29 is 13.2 Å². The van der Waals surface area contributed by atoms with Crippen LogP contribution < -0.4 is 10.5 Å². The van der Waals surface area contributed by atoms with Gasteiger partial charge < -0.3 is 4.90 Å². The molecule has 0 saturated carbocycles. The maximum Gasteiger partial charge on any atom is 0.434 e. The first-order valence-electron chi connectivity index (χ1n) is 9.30. The summed E-state index contributed by atoms with van der Waals surface area (Å²) in [5.74, 6) is 0.268. The molecule has 0 aromatic carbocycles. The van der Waals surface area contributed by atoms with E-state index in [1.54, 1.807) is 4.68 Å². The predicted octanol–water partition coefficient (Wildman–Crippen LogP) is 3.73. The third-order valence-corrected chi connectivity index (χ3v) is 5.95. The average molecular weight is 426 g/mol. The Balaban J connectivity index is 1.65. The van der Waals surface area contributed by atoms with Gasteiger partial charge in [0, 0.05) is 24.4 Å². The fraction of sp³-hybridized carbons (Fsp3) is 0.556. The molecule has 3 aromatic rings. The number of anilines is 1. The number of thiazole rings is 1. The van der Waals surface area contributed by atoms with Crippen LogP contribution in [0.4, 0.5) is 19.1 Å². The molecule has 4 rings (SSSR count). The second kappa shape index (κ2) is 6.82. The molecule has 0 radical (unpaired) electrons. The van der Waals surface area contributed by atoms with Crippen molar-refractivity contribution in [1.29, 1.82) is 0 Å². The molecule has 156 valence electrons. The van der Waals surface area contributed by atoms with Crippen LogP contribution in [0.25, 0.3) is 11.0 Å². The number of fused-ring (bicyclic) bond motifs is 1. The Kier molecular flexibility index (Phi) is 4.67. The van der Waals surface area contributed by atoms with Crippen molar-refractivity contribution in [3.8, 4) is 0 Å². The summed E-state index contributed by atoms with van der Waals surface area (Å²) < 4.78 is 40.4. The van der Waals surface area contributed by atoms with Crippen LogP contribution in [0.1, 0.15) is 50.2 Å². The van der Waals surface area contributed by atoms with Crippen molar-refractivity contribution in [3.63, 3.8) is 0 Å². The Labute approximate surface area is 168 Å². The molecular weight excluding hydrogens is 405 g/mol. The molecule has 1 fully saturated rings. The minimum atomic E-state index is -4.44. The van der Waals surface area contributed by atoms with E-state index in [2.05, 4.69) is 20.1 Å². The Morgan fingerprint density at radius 3 is 2.66 bits per heavy atom. The van der Waals surface area contributed by atoms with Crippen LogP contribution >= 0.6 is 11.3 Å².